The summed E-state index contributed by atoms with van der Waals surface area (Å²) in [4.78, 5) is 4.63. The first-order chi connectivity index (χ1) is 13.0. The number of ether oxygens (including phenoxy) is 1. The third-order valence-corrected chi connectivity index (χ3v) is 3.88. The number of aliphatic imine (C=N–C) groups is 1. The highest BCUT2D eigenvalue weighted by molar-refractivity contribution is 14.0. The van der Waals surface area contributed by atoms with Crippen LogP contribution in [0.2, 0.25) is 0 Å². The fourth-order valence-corrected chi connectivity index (χ4v) is 2.55. The van der Waals surface area contributed by atoms with E-state index in [2.05, 4.69) is 46.8 Å². The van der Waals surface area contributed by atoms with Crippen LogP contribution in [0.4, 0.5) is 0 Å². The molecule has 6 heteroatoms. The number of nitrogens with zero attached hydrogens (tertiary/aromatic N) is 2. The first kappa shape index (κ1) is 23.8. The summed E-state index contributed by atoms with van der Waals surface area (Å²) in [5.74, 6) is 1.65. The first-order valence-electron chi connectivity index (χ1n) is 9.29. The molecule has 0 bridgehead atoms. The van der Waals surface area contributed by atoms with E-state index in [4.69, 9.17) is 10.00 Å². The molecule has 0 aliphatic rings. The Balaban J connectivity index is 0.00000392. The van der Waals surface area contributed by atoms with Crippen LogP contribution in [-0.4, -0.2) is 18.6 Å². The van der Waals surface area contributed by atoms with Crippen LogP contribution in [-0.2, 0) is 13.1 Å². The number of halogens is 1. The van der Waals surface area contributed by atoms with Crippen molar-refractivity contribution < 1.29 is 4.74 Å². The minimum atomic E-state index is 0. The second-order valence-electron chi connectivity index (χ2n) is 6.64. The summed E-state index contributed by atoms with van der Waals surface area (Å²) in [6.07, 6.45) is 0.129. The van der Waals surface area contributed by atoms with E-state index < -0.39 is 0 Å². The Morgan fingerprint density at radius 3 is 2.46 bits per heavy atom. The fraction of sp³-hybridized carbons (Fsp3) is 0.364. The van der Waals surface area contributed by atoms with Crippen molar-refractivity contribution in [3.63, 3.8) is 0 Å². The lowest BCUT2D eigenvalue weighted by Crippen LogP contribution is -2.36. The van der Waals surface area contributed by atoms with E-state index >= 15 is 0 Å². The topological polar surface area (TPSA) is 69.4 Å². The molecule has 0 aliphatic heterocycles. The lowest BCUT2D eigenvalue weighted by molar-refractivity contribution is 0.239. The summed E-state index contributed by atoms with van der Waals surface area (Å²) in [6, 6.07) is 15.9. The average molecular weight is 492 g/mol. The van der Waals surface area contributed by atoms with Gasteiger partial charge >= 0.3 is 0 Å². The molecule has 0 radical (unpaired) electrons. The van der Waals surface area contributed by atoms with Crippen LogP contribution in [0.5, 0.6) is 5.75 Å². The molecule has 150 valence electrons. The maximum absolute atomic E-state index is 8.88. The maximum atomic E-state index is 8.88. The van der Waals surface area contributed by atoms with Crippen LogP contribution in [0, 0.1) is 18.3 Å². The molecule has 0 saturated carbocycles. The summed E-state index contributed by atoms with van der Waals surface area (Å²) >= 11 is 0. The normalized spacial score (nSPS) is 10.8. The third-order valence-electron chi connectivity index (χ3n) is 3.88. The number of guanidine groups is 1. The number of hydrogen-bond donors (Lipinski definition) is 2. The molecule has 0 atom stereocenters. The molecular formula is C22H29IN4O. The van der Waals surface area contributed by atoms with Gasteiger partial charge in [0, 0.05) is 18.7 Å². The van der Waals surface area contributed by atoms with Crippen molar-refractivity contribution in [3.8, 4) is 11.8 Å². The maximum Gasteiger partial charge on any atom is 0.191 e. The molecule has 2 aromatic rings. The molecular weight excluding hydrogens is 463 g/mol. The molecule has 2 rings (SSSR count). The number of nitrogens with one attached hydrogen (secondary N) is 2. The molecule has 0 spiro atoms. The van der Waals surface area contributed by atoms with Gasteiger partial charge in [-0.25, -0.2) is 4.99 Å². The van der Waals surface area contributed by atoms with Crippen molar-refractivity contribution in [1.82, 2.24) is 10.6 Å². The van der Waals surface area contributed by atoms with Gasteiger partial charge in [0.2, 0.25) is 0 Å². The third kappa shape index (κ3) is 7.77. The number of hydrogen-bond acceptors (Lipinski definition) is 3. The van der Waals surface area contributed by atoms with Crippen molar-refractivity contribution >= 4 is 29.9 Å². The van der Waals surface area contributed by atoms with Crippen LogP contribution < -0.4 is 15.4 Å². The Kier molecular flexibility index (Phi) is 10.4. The Labute approximate surface area is 185 Å². The Hall–Kier alpha value is -2.27. The number of benzene rings is 2. The monoisotopic (exact) mass is 492 g/mol. The summed E-state index contributed by atoms with van der Waals surface area (Å²) in [7, 11) is 0. The molecule has 0 saturated heterocycles. The second-order valence-corrected chi connectivity index (χ2v) is 6.64. The zero-order valence-corrected chi connectivity index (χ0v) is 19.3. The highest BCUT2D eigenvalue weighted by Crippen LogP contribution is 2.21. The summed E-state index contributed by atoms with van der Waals surface area (Å²) in [6.45, 7) is 10.1. The first-order valence-corrected chi connectivity index (χ1v) is 9.29. The van der Waals surface area contributed by atoms with Crippen molar-refractivity contribution in [3.05, 3.63) is 64.7 Å². The molecule has 0 unspecified atom stereocenters. The van der Waals surface area contributed by atoms with E-state index in [1.165, 1.54) is 5.56 Å². The van der Waals surface area contributed by atoms with E-state index in [1.54, 1.807) is 0 Å². The molecule has 0 aliphatic carbocycles. The SMILES string of the molecule is CCNC(=NCc1ccc(C#N)cc1)NCc1ccc(C)cc1OC(C)C.I. The van der Waals surface area contributed by atoms with Gasteiger partial charge < -0.3 is 15.4 Å². The van der Waals surface area contributed by atoms with Crippen LogP contribution in [0.15, 0.2) is 47.5 Å². The highest BCUT2D eigenvalue weighted by Gasteiger charge is 2.07. The van der Waals surface area contributed by atoms with Crippen molar-refractivity contribution in [2.45, 2.75) is 46.9 Å². The van der Waals surface area contributed by atoms with Gasteiger partial charge in [-0.15, -0.1) is 24.0 Å². The summed E-state index contributed by atoms with van der Waals surface area (Å²) < 4.78 is 5.94. The average Bonchev–Trinajstić information content (AvgIpc) is 2.65. The Morgan fingerprint density at radius 2 is 1.86 bits per heavy atom. The predicted octanol–water partition coefficient (Wildman–Crippen LogP) is 4.53. The van der Waals surface area contributed by atoms with Gasteiger partial charge in [-0.1, -0.05) is 24.3 Å². The molecule has 0 fully saturated rings. The number of aryl methyl sites for hydroxylation is 1. The molecule has 0 amide bonds. The number of rotatable bonds is 7. The van der Waals surface area contributed by atoms with Crippen LogP contribution >= 0.6 is 24.0 Å². The van der Waals surface area contributed by atoms with E-state index in [0.717, 1.165) is 29.4 Å². The summed E-state index contributed by atoms with van der Waals surface area (Å²) in [5.41, 5.74) is 3.99. The quantitative estimate of drug-likeness (QED) is 0.339. The van der Waals surface area contributed by atoms with Crippen molar-refractivity contribution in [2.24, 2.45) is 4.99 Å². The largest absolute Gasteiger partial charge is 0.491 e. The van der Waals surface area contributed by atoms with Crippen molar-refractivity contribution in [1.29, 1.82) is 5.26 Å². The van der Waals surface area contributed by atoms with Gasteiger partial charge in [-0.2, -0.15) is 5.26 Å². The molecule has 2 aromatic carbocycles. The van der Waals surface area contributed by atoms with E-state index in [0.29, 0.717) is 18.7 Å². The van der Waals surface area contributed by atoms with Crippen molar-refractivity contribution in [2.75, 3.05) is 6.54 Å². The molecule has 0 heterocycles. The van der Waals surface area contributed by atoms with Crippen LogP contribution in [0.3, 0.4) is 0 Å². The zero-order chi connectivity index (χ0) is 19.6. The molecule has 28 heavy (non-hydrogen) atoms. The second kappa shape index (κ2) is 12.2. The van der Waals surface area contributed by atoms with Gasteiger partial charge in [0.15, 0.2) is 5.96 Å². The fourth-order valence-electron chi connectivity index (χ4n) is 2.55. The lowest BCUT2D eigenvalue weighted by Gasteiger charge is -2.17. The standard InChI is InChI=1S/C22H28N4O.HI/c1-5-24-22(25-14-19-9-7-18(13-23)8-10-19)26-15-20-11-6-17(4)12-21(20)27-16(2)3;/h6-12,16H,5,14-15H2,1-4H3,(H2,24,25,26);1H. The Bertz CT molecular complexity index is 810. The minimum absolute atomic E-state index is 0. The zero-order valence-electron chi connectivity index (χ0n) is 17.0. The van der Waals surface area contributed by atoms with E-state index in [-0.39, 0.29) is 30.1 Å². The molecule has 5 nitrogen and oxygen atoms in total. The lowest BCUT2D eigenvalue weighted by atomic mass is 10.1. The van der Waals surface area contributed by atoms with Crippen LogP contribution in [0.25, 0.3) is 0 Å². The van der Waals surface area contributed by atoms with Gasteiger partial charge in [0.25, 0.3) is 0 Å². The highest BCUT2D eigenvalue weighted by atomic mass is 127. The molecule has 2 N–H and O–H groups in total. The smallest absolute Gasteiger partial charge is 0.191 e. The number of nitriles is 1. The van der Waals surface area contributed by atoms with Gasteiger partial charge in [-0.3, -0.25) is 0 Å². The Morgan fingerprint density at radius 1 is 1.14 bits per heavy atom. The van der Waals surface area contributed by atoms with E-state index in [1.807, 2.05) is 45.0 Å². The molecule has 0 aromatic heterocycles. The summed E-state index contributed by atoms with van der Waals surface area (Å²) in [5, 5.41) is 15.5. The van der Waals surface area contributed by atoms with Gasteiger partial charge in [0.1, 0.15) is 5.75 Å². The predicted molar refractivity (Wildman–Crippen MR) is 125 cm³/mol. The van der Waals surface area contributed by atoms with Gasteiger partial charge in [0.05, 0.1) is 24.3 Å². The van der Waals surface area contributed by atoms with E-state index in [9.17, 15) is 0 Å². The minimum Gasteiger partial charge on any atom is -0.491 e. The van der Waals surface area contributed by atoms with Crippen LogP contribution in [0.1, 0.15) is 43.0 Å². The van der Waals surface area contributed by atoms with Gasteiger partial charge in [-0.05, 0) is 57.0 Å².